The van der Waals surface area contributed by atoms with E-state index in [0.29, 0.717) is 22.1 Å². The van der Waals surface area contributed by atoms with Gasteiger partial charge in [0, 0.05) is 23.6 Å². The van der Waals surface area contributed by atoms with Crippen molar-refractivity contribution in [2.75, 3.05) is 11.1 Å². The molecule has 3 aromatic rings. The van der Waals surface area contributed by atoms with Gasteiger partial charge in [0.1, 0.15) is 0 Å². The maximum Gasteiger partial charge on any atom is 0.268 e. The van der Waals surface area contributed by atoms with E-state index in [-0.39, 0.29) is 17.2 Å². The summed E-state index contributed by atoms with van der Waals surface area (Å²) in [4.78, 5) is 35.3. The van der Waals surface area contributed by atoms with Crippen LogP contribution in [0.1, 0.15) is 23.9 Å². The Morgan fingerprint density at radius 1 is 1.30 bits per heavy atom. The molecule has 156 valence electrons. The minimum Gasteiger partial charge on any atom is -0.301 e. The van der Waals surface area contributed by atoms with E-state index in [2.05, 4.69) is 29.4 Å². The van der Waals surface area contributed by atoms with Crippen molar-refractivity contribution in [3.8, 4) is 0 Å². The molecule has 1 aliphatic rings. The molecule has 6 nitrogen and oxygen atoms in total. The molecular formula is C21H22N4O2S3. The van der Waals surface area contributed by atoms with E-state index in [1.807, 2.05) is 30.5 Å². The monoisotopic (exact) mass is 458 g/mol. The van der Waals surface area contributed by atoms with Crippen LogP contribution in [0.3, 0.4) is 0 Å². The summed E-state index contributed by atoms with van der Waals surface area (Å²) < 4.78 is 1.72. The summed E-state index contributed by atoms with van der Waals surface area (Å²) in [6.45, 7) is 4.53. The predicted molar refractivity (Wildman–Crippen MR) is 124 cm³/mol. The minimum absolute atomic E-state index is 0.00346. The molecule has 0 aliphatic carbocycles. The molecule has 4 rings (SSSR count). The van der Waals surface area contributed by atoms with Crippen molar-refractivity contribution < 1.29 is 4.79 Å². The van der Waals surface area contributed by atoms with Gasteiger partial charge in [0.05, 0.1) is 22.0 Å². The van der Waals surface area contributed by atoms with Crippen molar-refractivity contribution in [3.05, 3.63) is 63.0 Å². The first-order valence-electron chi connectivity index (χ1n) is 9.68. The van der Waals surface area contributed by atoms with E-state index >= 15 is 0 Å². The van der Waals surface area contributed by atoms with Crippen LogP contribution in [0.4, 0.5) is 5.13 Å². The molecule has 3 heterocycles. The summed E-state index contributed by atoms with van der Waals surface area (Å²) in [5, 5.41) is 6.25. The fourth-order valence-electron chi connectivity index (χ4n) is 3.22. The Labute approximate surface area is 187 Å². The SMILES string of the molecule is Cc1csc(NC(=O)CSc2nc3c(c(=O)n2CCc2ccccc2)SC(C)C3)n1. The van der Waals surface area contributed by atoms with Gasteiger partial charge in [-0.2, -0.15) is 0 Å². The maximum atomic E-state index is 13.2. The average molecular weight is 459 g/mol. The Bertz CT molecular complexity index is 1110. The number of aromatic nitrogens is 3. The number of thiazole rings is 1. The van der Waals surface area contributed by atoms with Crippen LogP contribution in [0.25, 0.3) is 0 Å². The summed E-state index contributed by atoms with van der Waals surface area (Å²) in [6, 6.07) is 10.1. The van der Waals surface area contributed by atoms with Gasteiger partial charge in [0.2, 0.25) is 5.91 Å². The van der Waals surface area contributed by atoms with Crippen molar-refractivity contribution >= 4 is 45.9 Å². The van der Waals surface area contributed by atoms with Crippen molar-refractivity contribution in [1.29, 1.82) is 0 Å². The maximum absolute atomic E-state index is 13.2. The zero-order chi connectivity index (χ0) is 21.1. The molecule has 0 bridgehead atoms. The van der Waals surface area contributed by atoms with Crippen LogP contribution in [0, 0.1) is 6.92 Å². The molecular weight excluding hydrogens is 436 g/mol. The summed E-state index contributed by atoms with van der Waals surface area (Å²) in [6.07, 6.45) is 1.52. The first-order chi connectivity index (χ1) is 14.5. The Kier molecular flexibility index (Phi) is 6.60. The number of fused-ring (bicyclic) bond motifs is 1. The normalized spacial score (nSPS) is 15.2. The summed E-state index contributed by atoms with van der Waals surface area (Å²) >= 11 is 4.31. The zero-order valence-corrected chi connectivity index (χ0v) is 19.2. The first kappa shape index (κ1) is 21.1. The molecule has 30 heavy (non-hydrogen) atoms. The number of benzene rings is 1. The van der Waals surface area contributed by atoms with Crippen LogP contribution in [0.15, 0.2) is 50.6 Å². The Hall–Kier alpha value is -2.10. The average Bonchev–Trinajstić information content (AvgIpc) is 3.31. The molecule has 0 spiro atoms. The predicted octanol–water partition coefficient (Wildman–Crippen LogP) is 4.02. The lowest BCUT2D eigenvalue weighted by molar-refractivity contribution is -0.113. The highest BCUT2D eigenvalue weighted by Crippen LogP contribution is 2.34. The van der Waals surface area contributed by atoms with Crippen LogP contribution in [0.5, 0.6) is 0 Å². The van der Waals surface area contributed by atoms with Crippen molar-refractivity contribution in [2.45, 2.75) is 48.5 Å². The Morgan fingerprint density at radius 2 is 2.10 bits per heavy atom. The highest BCUT2D eigenvalue weighted by Gasteiger charge is 2.26. The second-order valence-electron chi connectivity index (χ2n) is 7.13. The van der Waals surface area contributed by atoms with Gasteiger partial charge in [0.25, 0.3) is 5.56 Å². The molecule has 9 heteroatoms. The van der Waals surface area contributed by atoms with Crippen molar-refractivity contribution in [2.24, 2.45) is 0 Å². The fourth-order valence-corrected chi connectivity index (χ4v) is 5.88. The lowest BCUT2D eigenvalue weighted by Crippen LogP contribution is -2.27. The van der Waals surface area contributed by atoms with Crippen LogP contribution in [-0.4, -0.2) is 31.4 Å². The summed E-state index contributed by atoms with van der Waals surface area (Å²) in [5.74, 6) is 0.0270. The van der Waals surface area contributed by atoms with Crippen LogP contribution >= 0.6 is 34.9 Å². The molecule has 1 unspecified atom stereocenters. The topological polar surface area (TPSA) is 76.9 Å². The molecule has 2 aromatic heterocycles. The number of aryl methyl sites for hydroxylation is 2. The number of hydrogen-bond donors (Lipinski definition) is 1. The molecule has 0 saturated heterocycles. The standard InChI is InChI=1S/C21H22N4O2S3/c1-13-11-28-20(22-13)24-17(26)12-29-21-23-16-10-14(2)30-18(16)19(27)25(21)9-8-15-6-4-3-5-7-15/h3-7,11,14H,8-10,12H2,1-2H3,(H,22,24,26). The number of amides is 1. The van der Waals surface area contributed by atoms with Gasteiger partial charge < -0.3 is 5.32 Å². The van der Waals surface area contributed by atoms with E-state index < -0.39 is 0 Å². The van der Waals surface area contributed by atoms with Crippen LogP contribution in [-0.2, 0) is 24.2 Å². The van der Waals surface area contributed by atoms with Gasteiger partial charge in [-0.15, -0.1) is 23.1 Å². The number of carbonyl (C=O) groups is 1. The number of anilines is 1. The number of nitrogens with zero attached hydrogens (tertiary/aromatic N) is 3. The lowest BCUT2D eigenvalue weighted by atomic mass is 10.1. The Morgan fingerprint density at radius 3 is 2.83 bits per heavy atom. The van der Waals surface area contributed by atoms with Crippen molar-refractivity contribution in [1.82, 2.24) is 14.5 Å². The van der Waals surface area contributed by atoms with Crippen molar-refractivity contribution in [3.63, 3.8) is 0 Å². The molecule has 1 atom stereocenters. The number of rotatable bonds is 7. The number of nitrogens with one attached hydrogen (secondary N) is 1. The first-order valence-corrected chi connectivity index (χ1v) is 12.4. The van der Waals surface area contributed by atoms with E-state index in [9.17, 15) is 9.59 Å². The van der Waals surface area contributed by atoms with Crippen LogP contribution in [0.2, 0.25) is 0 Å². The number of hydrogen-bond acceptors (Lipinski definition) is 7. The van der Waals surface area contributed by atoms with Gasteiger partial charge in [0.15, 0.2) is 10.3 Å². The second-order valence-corrected chi connectivity index (χ2v) is 10.4. The second kappa shape index (κ2) is 9.36. The minimum atomic E-state index is -0.151. The quantitative estimate of drug-likeness (QED) is 0.426. The third-order valence-corrected chi connectivity index (χ3v) is 7.69. The third-order valence-electron chi connectivity index (χ3n) is 4.63. The molecule has 1 aromatic carbocycles. The largest absolute Gasteiger partial charge is 0.301 e. The molecule has 0 radical (unpaired) electrons. The van der Waals surface area contributed by atoms with Gasteiger partial charge in [-0.25, -0.2) is 9.97 Å². The van der Waals surface area contributed by atoms with Gasteiger partial charge in [-0.1, -0.05) is 49.0 Å². The van der Waals surface area contributed by atoms with E-state index in [0.717, 1.165) is 29.1 Å². The third kappa shape index (κ3) is 4.96. The van der Waals surface area contributed by atoms with Gasteiger partial charge >= 0.3 is 0 Å². The van der Waals surface area contributed by atoms with Crippen LogP contribution < -0.4 is 10.9 Å². The fraction of sp³-hybridized carbons (Fsp3) is 0.333. The number of carbonyl (C=O) groups excluding carboxylic acids is 1. The summed E-state index contributed by atoms with van der Waals surface area (Å²) in [5.41, 5.74) is 2.90. The van der Waals surface area contributed by atoms with E-state index in [4.69, 9.17) is 4.98 Å². The highest BCUT2D eigenvalue weighted by atomic mass is 32.2. The molecule has 0 fully saturated rings. The van der Waals surface area contributed by atoms with E-state index in [1.54, 1.807) is 16.3 Å². The lowest BCUT2D eigenvalue weighted by Gasteiger charge is -2.13. The molecule has 0 saturated carbocycles. The molecule has 1 amide bonds. The Balaban J connectivity index is 1.53. The molecule has 1 aliphatic heterocycles. The highest BCUT2D eigenvalue weighted by molar-refractivity contribution is 8.00. The smallest absolute Gasteiger partial charge is 0.268 e. The van der Waals surface area contributed by atoms with E-state index in [1.165, 1.54) is 28.7 Å². The summed E-state index contributed by atoms with van der Waals surface area (Å²) in [7, 11) is 0. The van der Waals surface area contributed by atoms with Gasteiger partial charge in [-0.3, -0.25) is 14.2 Å². The zero-order valence-electron chi connectivity index (χ0n) is 16.8. The molecule has 1 N–H and O–H groups in total. The number of thioether (sulfide) groups is 2. The van der Waals surface area contributed by atoms with Gasteiger partial charge in [-0.05, 0) is 18.9 Å².